The summed E-state index contributed by atoms with van der Waals surface area (Å²) < 4.78 is 36.7. The molecule has 0 aliphatic rings. The van der Waals surface area contributed by atoms with Crippen LogP contribution >= 0.6 is 0 Å². The lowest BCUT2D eigenvalue weighted by molar-refractivity contribution is -0.213. The normalized spacial score (nSPS) is 10.4. The molecular weight excluding hydrogens is 263 g/mol. The highest BCUT2D eigenvalue weighted by Gasteiger charge is 2.44. The highest BCUT2D eigenvalue weighted by atomic mass is 19.4. The van der Waals surface area contributed by atoms with Gasteiger partial charge in [0.25, 0.3) is 0 Å². The molecule has 0 N–H and O–H groups in total. The maximum Gasteiger partial charge on any atom is 0.474 e. The molecule has 1 aromatic rings. The molecular formula is C12H8F3NO3. The molecule has 0 fully saturated rings. The number of carbonyl (C=O) groups is 2. The number of rotatable bonds is 2. The summed E-state index contributed by atoms with van der Waals surface area (Å²) in [6.07, 6.45) is -0.350. The molecule has 1 rings (SSSR count). The van der Waals surface area contributed by atoms with E-state index in [-0.39, 0.29) is 10.6 Å². The number of alkyl halides is 3. The molecule has 0 radical (unpaired) electrons. The summed E-state index contributed by atoms with van der Waals surface area (Å²) in [6, 6.07) is 7.25. The minimum absolute atomic E-state index is 0.000467. The second-order valence-corrected chi connectivity index (χ2v) is 3.29. The number of hydroxylamine groups is 2. The Hall–Kier alpha value is -2.49. The van der Waals surface area contributed by atoms with Crippen LogP contribution in [0.5, 0.6) is 0 Å². The predicted octanol–water partition coefficient (Wildman–Crippen LogP) is 1.78. The van der Waals surface area contributed by atoms with Crippen LogP contribution in [0.4, 0.5) is 13.2 Å². The van der Waals surface area contributed by atoms with Crippen LogP contribution in [-0.4, -0.2) is 29.7 Å². The molecule has 7 heteroatoms. The summed E-state index contributed by atoms with van der Waals surface area (Å²) in [5.41, 5.74) is -0.000467. The number of benzene rings is 1. The van der Waals surface area contributed by atoms with Crippen molar-refractivity contribution in [1.29, 1.82) is 0 Å². The molecule has 0 unspecified atom stereocenters. The van der Waals surface area contributed by atoms with E-state index >= 15 is 0 Å². The van der Waals surface area contributed by atoms with Crippen molar-refractivity contribution < 1.29 is 27.6 Å². The Bertz CT molecular complexity index is 505. The van der Waals surface area contributed by atoms with E-state index in [0.29, 0.717) is 0 Å². The first-order valence-corrected chi connectivity index (χ1v) is 4.95. The maximum absolute atomic E-state index is 12.2. The fraction of sp³-hybridized carbons (Fsp3) is 0.167. The van der Waals surface area contributed by atoms with Crippen LogP contribution in [-0.2, 0) is 9.63 Å². The molecule has 0 bridgehead atoms. The Morgan fingerprint density at radius 1 is 1.26 bits per heavy atom. The molecule has 0 spiro atoms. The van der Waals surface area contributed by atoms with E-state index in [1.807, 2.05) is 0 Å². The van der Waals surface area contributed by atoms with Crippen LogP contribution in [0, 0.1) is 12.3 Å². The fourth-order valence-electron chi connectivity index (χ4n) is 1.10. The van der Waals surface area contributed by atoms with Gasteiger partial charge in [-0.15, -0.1) is 6.42 Å². The van der Waals surface area contributed by atoms with Crippen LogP contribution in [0.3, 0.4) is 0 Å². The number of hydrogen-bond donors (Lipinski definition) is 0. The van der Waals surface area contributed by atoms with Crippen molar-refractivity contribution >= 4 is 11.9 Å². The van der Waals surface area contributed by atoms with E-state index in [4.69, 9.17) is 6.42 Å². The van der Waals surface area contributed by atoms with Crippen LogP contribution in [0.25, 0.3) is 0 Å². The Labute approximate surface area is 106 Å². The van der Waals surface area contributed by atoms with Gasteiger partial charge >= 0.3 is 18.1 Å². The minimum atomic E-state index is -5.17. The summed E-state index contributed by atoms with van der Waals surface area (Å²) in [6.45, 7) is -0.795. The lowest BCUT2D eigenvalue weighted by Gasteiger charge is -2.19. The smallest absolute Gasteiger partial charge is 0.331 e. The minimum Gasteiger partial charge on any atom is -0.331 e. The van der Waals surface area contributed by atoms with E-state index in [1.54, 1.807) is 12.0 Å². The molecule has 4 nitrogen and oxygen atoms in total. The third-order valence-electron chi connectivity index (χ3n) is 1.91. The van der Waals surface area contributed by atoms with Gasteiger partial charge in [0.05, 0.1) is 5.56 Å². The quantitative estimate of drug-likeness (QED) is 0.608. The van der Waals surface area contributed by atoms with Crippen molar-refractivity contribution in [2.45, 2.75) is 6.18 Å². The Morgan fingerprint density at radius 3 is 2.32 bits per heavy atom. The molecule has 100 valence electrons. The third-order valence-corrected chi connectivity index (χ3v) is 1.91. The number of halogens is 3. The Morgan fingerprint density at radius 2 is 1.84 bits per heavy atom. The second kappa shape index (κ2) is 5.91. The summed E-state index contributed by atoms with van der Waals surface area (Å²) in [4.78, 5) is 26.8. The zero-order chi connectivity index (χ0) is 14.5. The lowest BCUT2D eigenvalue weighted by Crippen LogP contribution is -2.42. The van der Waals surface area contributed by atoms with Crippen LogP contribution in [0.1, 0.15) is 10.4 Å². The molecule has 0 aromatic heterocycles. The average molecular weight is 271 g/mol. The van der Waals surface area contributed by atoms with Crippen LogP contribution in [0.2, 0.25) is 0 Å². The zero-order valence-electron chi connectivity index (χ0n) is 9.48. The van der Waals surface area contributed by atoms with Gasteiger partial charge in [-0.05, 0) is 12.1 Å². The molecule has 0 saturated carbocycles. The first-order valence-electron chi connectivity index (χ1n) is 4.95. The van der Waals surface area contributed by atoms with Gasteiger partial charge in [0.15, 0.2) is 0 Å². The molecule has 1 amide bonds. The monoisotopic (exact) mass is 271 g/mol. The number of terminal acetylenes is 1. The van der Waals surface area contributed by atoms with E-state index < -0.39 is 24.6 Å². The number of nitrogens with zero attached hydrogens (tertiary/aromatic N) is 1. The topological polar surface area (TPSA) is 46.6 Å². The van der Waals surface area contributed by atoms with Crippen molar-refractivity contribution in [3.8, 4) is 12.3 Å². The number of carbonyl (C=O) groups excluding carboxylic acids is 2. The van der Waals surface area contributed by atoms with Gasteiger partial charge in [0.1, 0.15) is 6.54 Å². The van der Waals surface area contributed by atoms with Gasteiger partial charge in [-0.3, -0.25) is 4.79 Å². The van der Waals surface area contributed by atoms with E-state index in [0.717, 1.165) is 0 Å². The van der Waals surface area contributed by atoms with Gasteiger partial charge in [-0.25, -0.2) is 4.79 Å². The van der Waals surface area contributed by atoms with Gasteiger partial charge < -0.3 is 4.84 Å². The predicted molar refractivity (Wildman–Crippen MR) is 58.5 cm³/mol. The summed E-state index contributed by atoms with van der Waals surface area (Å²) in [5.74, 6) is -1.64. The molecule has 0 heterocycles. The van der Waals surface area contributed by atoms with E-state index in [1.165, 1.54) is 24.3 Å². The van der Waals surface area contributed by atoms with Gasteiger partial charge in [0.2, 0.25) is 0 Å². The molecule has 0 saturated heterocycles. The first-order chi connectivity index (χ1) is 8.86. The summed E-state index contributed by atoms with van der Waals surface area (Å²) >= 11 is 0. The van der Waals surface area contributed by atoms with Crippen molar-refractivity contribution in [1.82, 2.24) is 5.06 Å². The first kappa shape index (κ1) is 14.6. The van der Waals surface area contributed by atoms with Crippen LogP contribution < -0.4 is 0 Å². The lowest BCUT2D eigenvalue weighted by atomic mass is 10.2. The van der Waals surface area contributed by atoms with Crippen molar-refractivity contribution in [3.63, 3.8) is 0 Å². The van der Waals surface area contributed by atoms with Gasteiger partial charge in [0, 0.05) is 0 Å². The molecule has 0 atom stereocenters. The number of hydrogen-bond acceptors (Lipinski definition) is 3. The fourth-order valence-corrected chi connectivity index (χ4v) is 1.10. The van der Waals surface area contributed by atoms with Crippen molar-refractivity contribution in [2.24, 2.45) is 0 Å². The average Bonchev–Trinajstić information content (AvgIpc) is 2.37. The molecule has 0 aliphatic heterocycles. The summed E-state index contributed by atoms with van der Waals surface area (Å²) in [5, 5.41) is -0.199. The third kappa shape index (κ3) is 4.03. The highest BCUT2D eigenvalue weighted by Crippen LogP contribution is 2.19. The Balaban J connectivity index is 2.83. The van der Waals surface area contributed by atoms with E-state index in [9.17, 15) is 22.8 Å². The van der Waals surface area contributed by atoms with Gasteiger partial charge in [-0.1, -0.05) is 24.1 Å². The van der Waals surface area contributed by atoms with Gasteiger partial charge in [-0.2, -0.15) is 18.2 Å². The van der Waals surface area contributed by atoms with Crippen molar-refractivity contribution in [2.75, 3.05) is 6.54 Å². The zero-order valence-corrected chi connectivity index (χ0v) is 9.48. The van der Waals surface area contributed by atoms with Crippen LogP contribution in [0.15, 0.2) is 30.3 Å². The summed E-state index contributed by atoms with van der Waals surface area (Å²) in [7, 11) is 0. The molecule has 19 heavy (non-hydrogen) atoms. The highest BCUT2D eigenvalue weighted by molar-refractivity contribution is 5.91. The van der Waals surface area contributed by atoms with E-state index in [2.05, 4.69) is 4.84 Å². The number of amides is 1. The Kier molecular flexibility index (Phi) is 4.53. The largest absolute Gasteiger partial charge is 0.474 e. The molecule has 1 aromatic carbocycles. The second-order valence-electron chi connectivity index (χ2n) is 3.29. The van der Waals surface area contributed by atoms with Crippen molar-refractivity contribution in [3.05, 3.63) is 35.9 Å². The SMILES string of the molecule is C#CCN(OC(=O)c1ccccc1)C(=O)C(F)(F)F. The molecule has 0 aliphatic carbocycles. The standard InChI is InChI=1S/C12H8F3NO3/c1-2-8-16(11(18)12(13,14)15)19-10(17)9-6-4-3-5-7-9/h1,3-7H,8H2. The maximum atomic E-state index is 12.2.